The quantitative estimate of drug-likeness (QED) is 0.545. The van der Waals surface area contributed by atoms with Gasteiger partial charge in [-0.15, -0.1) is 10.6 Å². The Morgan fingerprint density at radius 3 is 3.00 bits per heavy atom. The molecular formula is C4H10N4S. The average Bonchev–Trinajstić information content (AvgIpc) is 2.18. The summed E-state index contributed by atoms with van der Waals surface area (Å²) in [6.07, 6.45) is 0. The zero-order valence-electron chi connectivity index (χ0n) is 5.51. The van der Waals surface area contributed by atoms with E-state index < -0.39 is 0 Å². The van der Waals surface area contributed by atoms with E-state index >= 15 is 0 Å². The molecule has 9 heavy (non-hydrogen) atoms. The molecule has 0 saturated carbocycles. The minimum absolute atomic E-state index is 0.984. The van der Waals surface area contributed by atoms with Gasteiger partial charge in [0.1, 0.15) is 0 Å². The average molecular weight is 146 g/mol. The van der Waals surface area contributed by atoms with Crippen LogP contribution in [0.15, 0.2) is 5.10 Å². The molecule has 2 N–H and O–H groups in total. The van der Waals surface area contributed by atoms with E-state index in [0.29, 0.717) is 0 Å². The molecule has 52 valence electrons. The van der Waals surface area contributed by atoms with E-state index in [1.807, 2.05) is 12.1 Å². The normalized spacial score (nSPS) is 17.6. The van der Waals surface area contributed by atoms with Crippen LogP contribution in [-0.2, 0) is 0 Å². The molecule has 0 fully saturated rings. The highest BCUT2D eigenvalue weighted by Gasteiger charge is 2.09. The largest absolute Gasteiger partial charge is 0.269 e. The van der Waals surface area contributed by atoms with E-state index in [1.165, 1.54) is 0 Å². The van der Waals surface area contributed by atoms with Gasteiger partial charge < -0.3 is 0 Å². The van der Waals surface area contributed by atoms with Crippen molar-refractivity contribution in [1.82, 2.24) is 16.1 Å². The third kappa shape index (κ3) is 1.49. The van der Waals surface area contributed by atoms with Crippen molar-refractivity contribution in [2.45, 2.75) is 6.92 Å². The topological polar surface area (TPSA) is 39.7 Å². The maximum absolute atomic E-state index is 3.95. The van der Waals surface area contributed by atoms with E-state index in [0.717, 1.165) is 10.9 Å². The van der Waals surface area contributed by atoms with E-state index in [2.05, 4.69) is 23.1 Å². The Balaban J connectivity index is 2.38. The van der Waals surface area contributed by atoms with Crippen molar-refractivity contribution in [1.29, 1.82) is 0 Å². The molecule has 1 aliphatic rings. The van der Waals surface area contributed by atoms with Gasteiger partial charge >= 0.3 is 0 Å². The number of hydrazone groups is 1. The van der Waals surface area contributed by atoms with Crippen LogP contribution in [0.5, 0.6) is 0 Å². The van der Waals surface area contributed by atoms with Gasteiger partial charge in [0.05, 0.1) is 0 Å². The molecule has 1 heterocycles. The van der Waals surface area contributed by atoms with Crippen LogP contribution in [-0.4, -0.2) is 23.0 Å². The monoisotopic (exact) mass is 146 g/mol. The van der Waals surface area contributed by atoms with Crippen molar-refractivity contribution < 1.29 is 0 Å². The fourth-order valence-electron chi connectivity index (χ4n) is 0.529. The maximum Gasteiger partial charge on any atom is 0.200 e. The van der Waals surface area contributed by atoms with Gasteiger partial charge in [0.25, 0.3) is 0 Å². The van der Waals surface area contributed by atoms with Gasteiger partial charge in [-0.2, -0.15) is 0 Å². The Hall–Kier alpha value is -0.420. The van der Waals surface area contributed by atoms with Gasteiger partial charge in [-0.3, -0.25) is 5.01 Å². The smallest absolute Gasteiger partial charge is 0.200 e. The minimum Gasteiger partial charge on any atom is -0.269 e. The molecule has 0 aromatic heterocycles. The molecule has 0 bridgehead atoms. The lowest BCUT2D eigenvalue weighted by molar-refractivity contribution is 0.352. The van der Waals surface area contributed by atoms with E-state index in [4.69, 9.17) is 0 Å². The zero-order valence-corrected chi connectivity index (χ0v) is 6.33. The number of hydrazine groups is 2. The predicted molar refractivity (Wildman–Crippen MR) is 39.6 cm³/mol. The van der Waals surface area contributed by atoms with Crippen LogP contribution in [0.2, 0.25) is 0 Å². The molecule has 0 unspecified atom stereocenters. The summed E-state index contributed by atoms with van der Waals surface area (Å²) in [6.45, 7) is 2.10. The zero-order chi connectivity index (χ0) is 6.69. The van der Waals surface area contributed by atoms with Gasteiger partial charge in [-0.05, 0) is 5.75 Å². The van der Waals surface area contributed by atoms with E-state index in [1.54, 1.807) is 11.8 Å². The molecule has 0 aromatic rings. The molecule has 0 radical (unpaired) electrons. The summed E-state index contributed by atoms with van der Waals surface area (Å²) in [6, 6.07) is 0. The van der Waals surface area contributed by atoms with E-state index in [-0.39, 0.29) is 0 Å². The van der Waals surface area contributed by atoms with Crippen molar-refractivity contribution in [2.75, 3.05) is 12.8 Å². The van der Waals surface area contributed by atoms with E-state index in [9.17, 15) is 0 Å². The summed E-state index contributed by atoms with van der Waals surface area (Å²) in [5.41, 5.74) is 5.46. The van der Waals surface area contributed by atoms with Crippen molar-refractivity contribution in [3.8, 4) is 0 Å². The number of nitrogens with zero attached hydrogens (tertiary/aromatic N) is 2. The van der Waals surface area contributed by atoms with Gasteiger partial charge in [-0.25, -0.2) is 5.53 Å². The number of hydrogen-bond acceptors (Lipinski definition) is 5. The summed E-state index contributed by atoms with van der Waals surface area (Å²) >= 11 is 1.70. The summed E-state index contributed by atoms with van der Waals surface area (Å²) in [7, 11) is 1.92. The Morgan fingerprint density at radius 2 is 2.56 bits per heavy atom. The third-order valence-corrected chi connectivity index (χ3v) is 1.84. The van der Waals surface area contributed by atoms with Crippen LogP contribution in [0.3, 0.4) is 0 Å². The van der Waals surface area contributed by atoms with Crippen LogP contribution in [0.4, 0.5) is 0 Å². The van der Waals surface area contributed by atoms with Gasteiger partial charge in [0.15, 0.2) is 5.17 Å². The number of amidine groups is 1. The first-order chi connectivity index (χ1) is 4.34. The number of thioether (sulfide) groups is 1. The molecule has 1 rings (SSSR count). The number of nitrogens with one attached hydrogen (secondary N) is 2. The molecule has 5 heteroatoms. The van der Waals surface area contributed by atoms with Crippen molar-refractivity contribution >= 4 is 16.9 Å². The Labute approximate surface area is 58.6 Å². The third-order valence-electron chi connectivity index (χ3n) is 0.930. The van der Waals surface area contributed by atoms with Gasteiger partial charge in [0.2, 0.25) is 0 Å². The fraction of sp³-hybridized carbons (Fsp3) is 0.750. The molecule has 0 spiro atoms. The highest BCUT2D eigenvalue weighted by Crippen LogP contribution is 2.06. The Bertz CT molecular complexity index is 124. The summed E-state index contributed by atoms with van der Waals surface area (Å²) in [5.74, 6) is 1.05. The highest BCUT2D eigenvalue weighted by atomic mass is 32.2. The molecule has 4 nitrogen and oxygen atoms in total. The SMILES string of the molecule is CCSC1=NNNN1C. The molecule has 1 aliphatic heterocycles. The van der Waals surface area contributed by atoms with Crippen LogP contribution in [0.1, 0.15) is 6.92 Å². The predicted octanol–water partition coefficient (Wildman–Crippen LogP) is -0.0349. The molecule has 0 aliphatic carbocycles. The number of rotatable bonds is 1. The van der Waals surface area contributed by atoms with Crippen LogP contribution in [0.25, 0.3) is 0 Å². The standard InChI is InChI=1S/C4H10N4S/c1-3-9-4-5-6-7-8(4)2/h6-7H,3H2,1-2H3. The molecular weight excluding hydrogens is 136 g/mol. The first-order valence-electron chi connectivity index (χ1n) is 2.79. The van der Waals surface area contributed by atoms with Crippen molar-refractivity contribution in [2.24, 2.45) is 5.10 Å². The second kappa shape index (κ2) is 2.93. The van der Waals surface area contributed by atoms with Gasteiger partial charge in [-0.1, -0.05) is 18.7 Å². The lowest BCUT2D eigenvalue weighted by Crippen LogP contribution is -2.36. The Kier molecular flexibility index (Phi) is 2.18. The lowest BCUT2D eigenvalue weighted by Gasteiger charge is -2.09. The lowest BCUT2D eigenvalue weighted by atomic mass is 11.0. The summed E-state index contributed by atoms with van der Waals surface area (Å²) in [5, 5.41) is 6.78. The second-order valence-electron chi connectivity index (χ2n) is 1.61. The highest BCUT2D eigenvalue weighted by molar-refractivity contribution is 8.13. The summed E-state index contributed by atoms with van der Waals surface area (Å²) < 4.78 is 0. The first kappa shape index (κ1) is 6.70. The van der Waals surface area contributed by atoms with Gasteiger partial charge in [0, 0.05) is 7.05 Å². The summed E-state index contributed by atoms with van der Waals surface area (Å²) in [4.78, 5) is 0. The van der Waals surface area contributed by atoms with Crippen molar-refractivity contribution in [3.05, 3.63) is 0 Å². The molecule has 0 amide bonds. The van der Waals surface area contributed by atoms with Crippen LogP contribution >= 0.6 is 11.8 Å². The number of hydrogen-bond donors (Lipinski definition) is 2. The molecule has 0 saturated heterocycles. The molecule has 0 aromatic carbocycles. The maximum atomic E-state index is 3.95. The van der Waals surface area contributed by atoms with Crippen LogP contribution < -0.4 is 11.1 Å². The van der Waals surface area contributed by atoms with Crippen LogP contribution in [0, 0.1) is 0 Å². The first-order valence-corrected chi connectivity index (χ1v) is 3.78. The fourth-order valence-corrected chi connectivity index (χ4v) is 1.14. The van der Waals surface area contributed by atoms with Crippen molar-refractivity contribution in [3.63, 3.8) is 0 Å². The molecule has 0 atom stereocenters. The Morgan fingerprint density at radius 1 is 1.78 bits per heavy atom. The minimum atomic E-state index is 0.984. The second-order valence-corrected chi connectivity index (χ2v) is 2.84.